The first kappa shape index (κ1) is 18.6. The maximum Gasteiger partial charge on any atom is 0.320 e. The molecular weight excluding hydrogens is 284 g/mol. The van der Waals surface area contributed by atoms with Crippen LogP contribution in [-0.2, 0) is 14.4 Å². The van der Waals surface area contributed by atoms with Crippen molar-refractivity contribution in [2.24, 2.45) is 11.8 Å². The maximum atomic E-state index is 11.6. The fourth-order valence-corrected chi connectivity index (χ4v) is 3.27. The number of carbonyl (C=O) groups is 3. The topological polar surface area (TPSA) is 86.7 Å². The molecule has 22 heavy (non-hydrogen) atoms. The highest BCUT2D eigenvalue weighted by atomic mass is 16.4. The van der Waals surface area contributed by atoms with Crippen LogP contribution >= 0.6 is 0 Å². The normalized spacial score (nSPS) is 24.7. The number of nitrogens with zero attached hydrogens (tertiary/aromatic N) is 1. The van der Waals surface area contributed by atoms with Gasteiger partial charge in [0.2, 0.25) is 5.91 Å². The van der Waals surface area contributed by atoms with Crippen LogP contribution in [0.5, 0.6) is 0 Å². The maximum absolute atomic E-state index is 11.6. The van der Waals surface area contributed by atoms with Crippen LogP contribution in [0.15, 0.2) is 0 Å². The molecule has 2 N–H and O–H groups in total. The molecule has 0 aliphatic carbocycles. The first-order valence-corrected chi connectivity index (χ1v) is 8.00. The van der Waals surface area contributed by atoms with Gasteiger partial charge in [-0.3, -0.25) is 19.3 Å². The minimum Gasteiger partial charge on any atom is -0.480 e. The second kappa shape index (κ2) is 8.27. The Morgan fingerprint density at radius 1 is 1.32 bits per heavy atom. The molecule has 0 saturated carbocycles. The number of rotatable bonds is 8. The average molecular weight is 312 g/mol. The zero-order chi connectivity index (χ0) is 16.9. The summed E-state index contributed by atoms with van der Waals surface area (Å²) in [6.07, 6.45) is 2.27. The van der Waals surface area contributed by atoms with E-state index < -0.39 is 12.0 Å². The van der Waals surface area contributed by atoms with Gasteiger partial charge in [0.15, 0.2) is 0 Å². The zero-order valence-electron chi connectivity index (χ0n) is 14.0. The summed E-state index contributed by atoms with van der Waals surface area (Å²) in [5, 5.41) is 12.3. The number of carbonyl (C=O) groups excluding carboxylic acids is 2. The summed E-state index contributed by atoms with van der Waals surface area (Å²) in [5.74, 6) is -0.908. The van der Waals surface area contributed by atoms with Crippen LogP contribution in [0.25, 0.3) is 0 Å². The second-order valence-electron chi connectivity index (χ2n) is 6.39. The van der Waals surface area contributed by atoms with Gasteiger partial charge >= 0.3 is 5.97 Å². The molecule has 126 valence electrons. The number of hydrogen-bond acceptors (Lipinski definition) is 4. The lowest BCUT2D eigenvalue weighted by Gasteiger charge is -2.30. The largest absolute Gasteiger partial charge is 0.480 e. The first-order chi connectivity index (χ1) is 10.3. The second-order valence-corrected chi connectivity index (χ2v) is 6.39. The van der Waals surface area contributed by atoms with E-state index in [1.54, 1.807) is 0 Å². The Hall–Kier alpha value is -1.43. The summed E-state index contributed by atoms with van der Waals surface area (Å²) in [6, 6.07) is -0.610. The number of carboxylic acid groups (broad SMARTS) is 1. The third-order valence-corrected chi connectivity index (χ3v) is 4.53. The van der Waals surface area contributed by atoms with Crippen LogP contribution < -0.4 is 5.32 Å². The van der Waals surface area contributed by atoms with Gasteiger partial charge in [0.1, 0.15) is 11.8 Å². The van der Waals surface area contributed by atoms with Crippen molar-refractivity contribution in [1.82, 2.24) is 10.2 Å². The number of likely N-dealkylation sites (tertiary alicyclic amines) is 1. The van der Waals surface area contributed by atoms with Gasteiger partial charge in [0.25, 0.3) is 0 Å². The van der Waals surface area contributed by atoms with E-state index in [-0.39, 0.29) is 29.6 Å². The molecule has 1 saturated heterocycles. The lowest BCUT2D eigenvalue weighted by molar-refractivity contribution is -0.142. The number of carboxylic acids is 1. The molecule has 4 atom stereocenters. The third-order valence-electron chi connectivity index (χ3n) is 4.53. The number of Topliss-reactive ketones (excluding diaryl/α,β-unsaturated/α-hetero) is 1. The van der Waals surface area contributed by atoms with E-state index in [1.165, 1.54) is 13.8 Å². The van der Waals surface area contributed by atoms with Crippen molar-refractivity contribution in [3.63, 3.8) is 0 Å². The molecule has 0 aromatic carbocycles. The lowest BCUT2D eigenvalue weighted by Crippen LogP contribution is -2.45. The smallest absolute Gasteiger partial charge is 0.320 e. The highest BCUT2D eigenvalue weighted by Crippen LogP contribution is 2.27. The number of aliphatic carboxylic acids is 1. The Kier molecular flexibility index (Phi) is 7.00. The van der Waals surface area contributed by atoms with E-state index in [9.17, 15) is 19.5 Å². The molecule has 1 aliphatic heterocycles. The molecule has 1 fully saturated rings. The SMILES string of the molecule is CCC[C@@H](CN1CC(C(C)=O)CC1C(=O)O)C(C)NC(C)=O. The van der Waals surface area contributed by atoms with Crippen LogP contribution in [0.4, 0.5) is 0 Å². The minimum absolute atomic E-state index is 0.0109. The van der Waals surface area contributed by atoms with Gasteiger partial charge < -0.3 is 10.4 Å². The minimum atomic E-state index is -0.869. The number of hydrogen-bond donors (Lipinski definition) is 2. The Morgan fingerprint density at radius 3 is 2.41 bits per heavy atom. The lowest BCUT2D eigenvalue weighted by atomic mass is 9.95. The zero-order valence-corrected chi connectivity index (χ0v) is 14.0. The highest BCUT2D eigenvalue weighted by Gasteiger charge is 2.39. The number of nitrogens with one attached hydrogen (secondary N) is 1. The molecule has 0 bridgehead atoms. The fourth-order valence-electron chi connectivity index (χ4n) is 3.27. The van der Waals surface area contributed by atoms with Crippen LogP contribution in [-0.4, -0.2) is 52.8 Å². The molecule has 1 amide bonds. The van der Waals surface area contributed by atoms with Crippen molar-refractivity contribution < 1.29 is 19.5 Å². The van der Waals surface area contributed by atoms with Crippen LogP contribution in [0.1, 0.15) is 47.0 Å². The fraction of sp³-hybridized carbons (Fsp3) is 0.812. The van der Waals surface area contributed by atoms with E-state index in [0.29, 0.717) is 19.5 Å². The van der Waals surface area contributed by atoms with E-state index >= 15 is 0 Å². The van der Waals surface area contributed by atoms with Crippen LogP contribution in [0.3, 0.4) is 0 Å². The van der Waals surface area contributed by atoms with Gasteiger partial charge in [0, 0.05) is 32.0 Å². The predicted octanol–water partition coefficient (Wildman–Crippen LogP) is 1.29. The summed E-state index contributed by atoms with van der Waals surface area (Å²) in [7, 11) is 0. The Bertz CT molecular complexity index is 424. The molecule has 6 nitrogen and oxygen atoms in total. The van der Waals surface area contributed by atoms with Crippen molar-refractivity contribution in [3.05, 3.63) is 0 Å². The van der Waals surface area contributed by atoms with Crippen LogP contribution in [0, 0.1) is 11.8 Å². The van der Waals surface area contributed by atoms with E-state index in [0.717, 1.165) is 12.8 Å². The van der Waals surface area contributed by atoms with Crippen molar-refractivity contribution in [2.45, 2.75) is 59.0 Å². The van der Waals surface area contributed by atoms with Gasteiger partial charge in [-0.25, -0.2) is 0 Å². The third kappa shape index (κ3) is 5.09. The standard InChI is InChI=1S/C16H28N2O4/c1-5-6-13(10(2)17-12(4)20)8-18-9-14(11(3)19)7-15(18)16(21)22/h10,13-15H,5-9H2,1-4H3,(H,17,20)(H,21,22)/t10?,13-,14?,15?/m0/s1. The summed E-state index contributed by atoms with van der Waals surface area (Å²) in [5.41, 5.74) is 0. The molecular formula is C16H28N2O4. The summed E-state index contributed by atoms with van der Waals surface area (Å²) >= 11 is 0. The first-order valence-electron chi connectivity index (χ1n) is 8.00. The summed E-state index contributed by atoms with van der Waals surface area (Å²) < 4.78 is 0. The van der Waals surface area contributed by atoms with Crippen molar-refractivity contribution >= 4 is 17.7 Å². The van der Waals surface area contributed by atoms with E-state index in [4.69, 9.17) is 0 Å². The highest BCUT2D eigenvalue weighted by molar-refractivity contribution is 5.81. The van der Waals surface area contributed by atoms with Gasteiger partial charge in [-0.2, -0.15) is 0 Å². The Labute approximate surface area is 132 Å². The number of ketones is 1. The molecule has 0 radical (unpaired) electrons. The average Bonchev–Trinajstić information content (AvgIpc) is 2.81. The monoisotopic (exact) mass is 312 g/mol. The summed E-state index contributed by atoms with van der Waals surface area (Å²) in [4.78, 5) is 36.2. The van der Waals surface area contributed by atoms with Gasteiger partial charge in [-0.05, 0) is 32.6 Å². The Balaban J connectivity index is 2.78. The van der Waals surface area contributed by atoms with Crippen molar-refractivity contribution in [1.29, 1.82) is 0 Å². The molecule has 6 heteroatoms. The van der Waals surface area contributed by atoms with Crippen LogP contribution in [0.2, 0.25) is 0 Å². The molecule has 1 rings (SSSR count). The Morgan fingerprint density at radius 2 is 1.95 bits per heavy atom. The molecule has 1 aliphatic rings. The molecule has 0 spiro atoms. The van der Waals surface area contributed by atoms with Gasteiger partial charge in [-0.1, -0.05) is 13.3 Å². The van der Waals surface area contributed by atoms with Gasteiger partial charge in [0.05, 0.1) is 0 Å². The van der Waals surface area contributed by atoms with Crippen molar-refractivity contribution in [2.75, 3.05) is 13.1 Å². The van der Waals surface area contributed by atoms with E-state index in [2.05, 4.69) is 12.2 Å². The molecule has 1 heterocycles. The van der Waals surface area contributed by atoms with Crippen molar-refractivity contribution in [3.8, 4) is 0 Å². The summed E-state index contributed by atoms with van der Waals surface area (Å²) in [6.45, 7) is 8.13. The van der Waals surface area contributed by atoms with Gasteiger partial charge in [-0.15, -0.1) is 0 Å². The number of amides is 1. The molecule has 3 unspecified atom stereocenters. The molecule has 0 aromatic heterocycles. The van der Waals surface area contributed by atoms with E-state index in [1.807, 2.05) is 11.8 Å². The molecule has 0 aromatic rings. The predicted molar refractivity (Wildman–Crippen MR) is 83.5 cm³/mol. The quantitative estimate of drug-likeness (QED) is 0.705.